The van der Waals surface area contributed by atoms with Crippen molar-refractivity contribution in [2.75, 3.05) is 0 Å². The van der Waals surface area contributed by atoms with Crippen LogP contribution in [0.25, 0.3) is 0 Å². The smallest absolute Gasteiger partial charge is 0.207 e. The van der Waals surface area contributed by atoms with Gasteiger partial charge in [0.1, 0.15) is 5.75 Å². The van der Waals surface area contributed by atoms with Gasteiger partial charge in [-0.05, 0) is 60.4 Å². The summed E-state index contributed by atoms with van der Waals surface area (Å²) < 4.78 is 13.3. The Morgan fingerprint density at radius 3 is 2.03 bits per heavy atom. The summed E-state index contributed by atoms with van der Waals surface area (Å²) in [5.41, 5.74) is 3.92. The minimum absolute atomic E-state index is 0.119. The standard InChI is InChI=1S/C30H36O2/c1-3-23(2)25-18-20-28(21-19-25)32-30(31-27-16-10-11-17-27)29(26-14-8-5-9-15-26)22-24-12-6-4-7-13-24/h4-9,12-15,18-21,23,27,29-30H,3,10-11,16-17,22H2,1-2H3. The Hall–Kier alpha value is -2.58. The molecule has 3 unspecified atom stereocenters. The van der Waals surface area contributed by atoms with Gasteiger partial charge in [0.2, 0.25) is 6.29 Å². The van der Waals surface area contributed by atoms with Gasteiger partial charge in [0.05, 0.1) is 12.0 Å². The zero-order valence-electron chi connectivity index (χ0n) is 19.5. The third-order valence-electron chi connectivity index (χ3n) is 6.80. The van der Waals surface area contributed by atoms with Crippen LogP contribution >= 0.6 is 0 Å². The van der Waals surface area contributed by atoms with Crippen molar-refractivity contribution in [1.29, 1.82) is 0 Å². The van der Waals surface area contributed by atoms with E-state index in [-0.39, 0.29) is 18.3 Å². The van der Waals surface area contributed by atoms with Gasteiger partial charge < -0.3 is 9.47 Å². The second-order valence-electron chi connectivity index (χ2n) is 9.11. The normalized spacial score (nSPS) is 17.1. The molecule has 2 nitrogen and oxygen atoms in total. The number of rotatable bonds is 10. The summed E-state index contributed by atoms with van der Waals surface area (Å²) in [6.45, 7) is 4.50. The van der Waals surface area contributed by atoms with Crippen LogP contribution in [0.2, 0.25) is 0 Å². The number of hydrogen-bond donors (Lipinski definition) is 0. The van der Waals surface area contributed by atoms with Gasteiger partial charge in [-0.25, -0.2) is 0 Å². The summed E-state index contributed by atoms with van der Waals surface area (Å²) in [4.78, 5) is 0. The molecule has 3 aromatic carbocycles. The largest absolute Gasteiger partial charge is 0.464 e. The van der Waals surface area contributed by atoms with Gasteiger partial charge >= 0.3 is 0 Å². The highest BCUT2D eigenvalue weighted by Gasteiger charge is 2.30. The monoisotopic (exact) mass is 428 g/mol. The fourth-order valence-electron chi connectivity index (χ4n) is 4.60. The van der Waals surface area contributed by atoms with Gasteiger partial charge in [-0.15, -0.1) is 0 Å². The Labute approximate surface area is 193 Å². The summed E-state index contributed by atoms with van der Waals surface area (Å²) in [6, 6.07) is 30.0. The van der Waals surface area contributed by atoms with Crippen LogP contribution < -0.4 is 4.74 Å². The van der Waals surface area contributed by atoms with Crippen LogP contribution in [-0.2, 0) is 11.2 Å². The molecule has 0 amide bonds. The molecule has 1 aliphatic carbocycles. The SMILES string of the molecule is CCC(C)c1ccc(OC(OC2CCCC2)C(Cc2ccccc2)c2ccccc2)cc1. The van der Waals surface area contributed by atoms with Gasteiger partial charge in [-0.3, -0.25) is 0 Å². The Balaban J connectivity index is 1.62. The highest BCUT2D eigenvalue weighted by atomic mass is 16.7. The Morgan fingerprint density at radius 1 is 0.781 bits per heavy atom. The molecule has 168 valence electrons. The first kappa shape index (κ1) is 22.6. The first-order valence-corrected chi connectivity index (χ1v) is 12.2. The highest BCUT2D eigenvalue weighted by molar-refractivity contribution is 5.30. The molecule has 1 aliphatic rings. The van der Waals surface area contributed by atoms with E-state index in [0.29, 0.717) is 5.92 Å². The zero-order chi connectivity index (χ0) is 22.2. The van der Waals surface area contributed by atoms with Crippen molar-refractivity contribution in [3.63, 3.8) is 0 Å². The van der Waals surface area contributed by atoms with Crippen LogP contribution in [0.15, 0.2) is 84.9 Å². The molecule has 32 heavy (non-hydrogen) atoms. The number of benzene rings is 3. The van der Waals surface area contributed by atoms with Crippen LogP contribution in [0.1, 0.15) is 74.5 Å². The van der Waals surface area contributed by atoms with E-state index >= 15 is 0 Å². The first-order valence-electron chi connectivity index (χ1n) is 12.2. The maximum Gasteiger partial charge on any atom is 0.207 e. The fourth-order valence-corrected chi connectivity index (χ4v) is 4.60. The average molecular weight is 429 g/mol. The molecule has 0 radical (unpaired) electrons. The van der Waals surface area contributed by atoms with Crippen LogP contribution in [-0.4, -0.2) is 12.4 Å². The lowest BCUT2D eigenvalue weighted by Crippen LogP contribution is -2.33. The predicted octanol–water partition coefficient (Wildman–Crippen LogP) is 7.89. The van der Waals surface area contributed by atoms with E-state index in [4.69, 9.17) is 9.47 Å². The molecular weight excluding hydrogens is 392 g/mol. The van der Waals surface area contributed by atoms with E-state index in [1.807, 2.05) is 0 Å². The zero-order valence-corrected chi connectivity index (χ0v) is 19.5. The molecule has 1 fully saturated rings. The van der Waals surface area contributed by atoms with Crippen LogP contribution in [0, 0.1) is 0 Å². The molecule has 3 atom stereocenters. The van der Waals surface area contributed by atoms with E-state index in [1.165, 1.54) is 29.5 Å². The van der Waals surface area contributed by atoms with Crippen LogP contribution in [0.5, 0.6) is 5.75 Å². The molecule has 1 saturated carbocycles. The lowest BCUT2D eigenvalue weighted by atomic mass is 9.91. The lowest BCUT2D eigenvalue weighted by Gasteiger charge is -2.31. The van der Waals surface area contributed by atoms with Crippen molar-refractivity contribution in [3.8, 4) is 5.75 Å². The summed E-state index contributed by atoms with van der Waals surface area (Å²) in [5, 5.41) is 0. The van der Waals surface area contributed by atoms with Gasteiger partial charge in [0.25, 0.3) is 0 Å². The summed E-state index contributed by atoms with van der Waals surface area (Å²) in [6.07, 6.45) is 6.72. The topological polar surface area (TPSA) is 18.5 Å². The van der Waals surface area contributed by atoms with Crippen molar-refractivity contribution in [2.24, 2.45) is 0 Å². The highest BCUT2D eigenvalue weighted by Crippen LogP contribution is 2.33. The number of ether oxygens (including phenoxy) is 2. The molecule has 0 saturated heterocycles. The first-order chi connectivity index (χ1) is 15.7. The van der Waals surface area contributed by atoms with Crippen LogP contribution in [0.4, 0.5) is 0 Å². The number of hydrogen-bond acceptors (Lipinski definition) is 2. The third-order valence-corrected chi connectivity index (χ3v) is 6.80. The molecule has 0 aliphatic heterocycles. The molecular formula is C30H36O2. The van der Waals surface area contributed by atoms with Crippen molar-refractivity contribution >= 4 is 0 Å². The molecule has 0 spiro atoms. The van der Waals surface area contributed by atoms with E-state index in [9.17, 15) is 0 Å². The second kappa shape index (κ2) is 11.3. The summed E-state index contributed by atoms with van der Waals surface area (Å²) in [7, 11) is 0. The van der Waals surface area contributed by atoms with Gasteiger partial charge in [0.15, 0.2) is 0 Å². The Morgan fingerprint density at radius 2 is 1.41 bits per heavy atom. The average Bonchev–Trinajstić information content (AvgIpc) is 3.36. The second-order valence-corrected chi connectivity index (χ2v) is 9.11. The van der Waals surface area contributed by atoms with Crippen molar-refractivity contribution in [2.45, 2.75) is 76.6 Å². The lowest BCUT2D eigenvalue weighted by molar-refractivity contribution is -0.130. The fraction of sp³-hybridized carbons (Fsp3) is 0.400. The maximum atomic E-state index is 6.68. The maximum absolute atomic E-state index is 6.68. The summed E-state index contributed by atoms with van der Waals surface area (Å²) >= 11 is 0. The van der Waals surface area contributed by atoms with Gasteiger partial charge in [0, 0.05) is 0 Å². The summed E-state index contributed by atoms with van der Waals surface area (Å²) in [5.74, 6) is 1.56. The van der Waals surface area contributed by atoms with E-state index in [2.05, 4.69) is 98.8 Å². The molecule has 2 heteroatoms. The molecule has 0 aromatic heterocycles. The molecule has 0 heterocycles. The predicted molar refractivity (Wildman–Crippen MR) is 132 cm³/mol. The molecule has 4 rings (SSSR count). The molecule has 0 bridgehead atoms. The van der Waals surface area contributed by atoms with Crippen molar-refractivity contribution in [3.05, 3.63) is 102 Å². The Bertz CT molecular complexity index is 914. The van der Waals surface area contributed by atoms with Crippen molar-refractivity contribution in [1.82, 2.24) is 0 Å². The Kier molecular flexibility index (Phi) is 8.01. The third kappa shape index (κ3) is 6.01. The quantitative estimate of drug-likeness (QED) is 0.306. The minimum atomic E-state index is -0.324. The molecule has 3 aromatic rings. The van der Waals surface area contributed by atoms with Crippen LogP contribution in [0.3, 0.4) is 0 Å². The minimum Gasteiger partial charge on any atom is -0.464 e. The van der Waals surface area contributed by atoms with Gasteiger partial charge in [-0.2, -0.15) is 0 Å². The molecule has 0 N–H and O–H groups in total. The van der Waals surface area contributed by atoms with E-state index in [0.717, 1.165) is 31.4 Å². The van der Waals surface area contributed by atoms with Crippen molar-refractivity contribution < 1.29 is 9.47 Å². The van der Waals surface area contributed by atoms with Gasteiger partial charge in [-0.1, -0.05) is 99.5 Å². The van der Waals surface area contributed by atoms with E-state index < -0.39 is 0 Å². The van der Waals surface area contributed by atoms with E-state index in [1.54, 1.807) is 0 Å².